The van der Waals surface area contributed by atoms with Crippen molar-refractivity contribution < 1.29 is 31.1 Å². The minimum atomic E-state index is -5.26. The van der Waals surface area contributed by atoms with E-state index in [-0.39, 0.29) is 11.1 Å². The molecule has 0 amide bonds. The van der Waals surface area contributed by atoms with Crippen molar-refractivity contribution in [1.82, 2.24) is 0 Å². The molecule has 0 fully saturated rings. The fourth-order valence-electron chi connectivity index (χ4n) is 4.07. The highest BCUT2D eigenvalue weighted by atomic mass is 19.4. The summed E-state index contributed by atoms with van der Waals surface area (Å²) in [6.07, 6.45) is -0.760. The molecular formula is C28H22F6O. The van der Waals surface area contributed by atoms with Gasteiger partial charge in [0.1, 0.15) is 5.82 Å². The number of rotatable bonds is 7. The Morgan fingerprint density at radius 2 is 1.26 bits per heavy atom. The van der Waals surface area contributed by atoms with E-state index in [9.17, 15) is 26.3 Å². The second kappa shape index (κ2) is 10.0. The second-order valence-electron chi connectivity index (χ2n) is 8.36. The van der Waals surface area contributed by atoms with Crippen molar-refractivity contribution in [3.8, 4) is 28.0 Å². The second-order valence-corrected chi connectivity index (χ2v) is 8.36. The zero-order valence-corrected chi connectivity index (χ0v) is 18.9. The molecule has 35 heavy (non-hydrogen) atoms. The van der Waals surface area contributed by atoms with Gasteiger partial charge in [-0.2, -0.15) is 0 Å². The Labute approximate surface area is 199 Å². The number of alkyl halides is 3. The smallest absolute Gasteiger partial charge is 0.399 e. The Kier molecular flexibility index (Phi) is 7.05. The van der Waals surface area contributed by atoms with E-state index in [0.717, 1.165) is 35.6 Å². The van der Waals surface area contributed by atoms with Gasteiger partial charge in [-0.15, -0.1) is 13.2 Å². The highest BCUT2D eigenvalue weighted by Gasteiger charge is 2.34. The normalized spacial score (nSPS) is 11.7. The molecule has 0 aromatic heterocycles. The van der Waals surface area contributed by atoms with Crippen LogP contribution >= 0.6 is 0 Å². The number of fused-ring (bicyclic) bond motifs is 1. The molecule has 0 heterocycles. The quantitative estimate of drug-likeness (QED) is 0.186. The summed E-state index contributed by atoms with van der Waals surface area (Å²) >= 11 is 0. The summed E-state index contributed by atoms with van der Waals surface area (Å²) in [5.74, 6) is -5.51. The molecule has 0 saturated carbocycles. The third kappa shape index (κ3) is 5.78. The van der Waals surface area contributed by atoms with Gasteiger partial charge in [0, 0.05) is 5.56 Å². The van der Waals surface area contributed by atoms with E-state index in [0.29, 0.717) is 17.7 Å². The van der Waals surface area contributed by atoms with Gasteiger partial charge < -0.3 is 4.74 Å². The summed E-state index contributed by atoms with van der Waals surface area (Å²) in [6.45, 7) is 2.16. The molecule has 0 bridgehead atoms. The van der Waals surface area contributed by atoms with Crippen molar-refractivity contribution in [1.29, 1.82) is 0 Å². The average molecular weight is 488 g/mol. The maximum absolute atomic E-state index is 14.9. The number of ether oxygens (including phenoxy) is 1. The van der Waals surface area contributed by atoms with Crippen LogP contribution in [0, 0.1) is 17.5 Å². The van der Waals surface area contributed by atoms with Crippen LogP contribution in [0.5, 0.6) is 5.75 Å². The van der Waals surface area contributed by atoms with Crippen LogP contribution in [0.2, 0.25) is 0 Å². The molecule has 0 saturated heterocycles. The van der Waals surface area contributed by atoms with E-state index >= 15 is 0 Å². The van der Waals surface area contributed by atoms with Crippen LogP contribution in [0.15, 0.2) is 66.7 Å². The van der Waals surface area contributed by atoms with Gasteiger partial charge in [-0.25, -0.2) is 13.2 Å². The Balaban J connectivity index is 1.61. The lowest BCUT2D eigenvalue weighted by Crippen LogP contribution is -2.19. The van der Waals surface area contributed by atoms with Crippen LogP contribution in [-0.4, -0.2) is 6.36 Å². The number of aryl methyl sites for hydroxylation is 1. The molecule has 4 rings (SSSR count). The summed E-state index contributed by atoms with van der Waals surface area (Å²) in [4.78, 5) is 0. The first-order chi connectivity index (χ1) is 16.6. The first-order valence-corrected chi connectivity index (χ1v) is 11.2. The summed E-state index contributed by atoms with van der Waals surface area (Å²) in [5.41, 5.74) is 2.18. The highest BCUT2D eigenvalue weighted by Crippen LogP contribution is 2.35. The summed E-state index contributed by atoms with van der Waals surface area (Å²) < 4.78 is 83.5. The fraction of sp³-hybridized carbons (Fsp3) is 0.214. The van der Waals surface area contributed by atoms with Gasteiger partial charge in [0.25, 0.3) is 0 Å². The molecular weight excluding hydrogens is 466 g/mol. The lowest BCUT2D eigenvalue weighted by atomic mass is 9.96. The van der Waals surface area contributed by atoms with Gasteiger partial charge in [-0.1, -0.05) is 62.2 Å². The van der Waals surface area contributed by atoms with Crippen LogP contribution in [-0.2, 0) is 6.42 Å². The SMILES string of the molecule is CCCCCc1ccc2cc(-c3ccc(-c4cc(F)c(OC(F)(F)F)c(F)c4)c(F)c3)ccc2c1. The van der Waals surface area contributed by atoms with Crippen molar-refractivity contribution >= 4 is 10.8 Å². The number of unbranched alkanes of at least 4 members (excludes halogenated alkanes) is 2. The third-order valence-corrected chi connectivity index (χ3v) is 5.80. The number of hydrogen-bond acceptors (Lipinski definition) is 1. The van der Waals surface area contributed by atoms with Gasteiger partial charge in [-0.3, -0.25) is 0 Å². The maximum Gasteiger partial charge on any atom is 0.573 e. The van der Waals surface area contributed by atoms with Crippen LogP contribution in [0.4, 0.5) is 26.3 Å². The molecule has 1 nitrogen and oxygen atoms in total. The van der Waals surface area contributed by atoms with E-state index in [2.05, 4.69) is 23.8 Å². The molecule has 0 aliphatic heterocycles. The van der Waals surface area contributed by atoms with E-state index in [1.54, 1.807) is 6.07 Å². The van der Waals surface area contributed by atoms with Gasteiger partial charge in [0.05, 0.1) is 0 Å². The van der Waals surface area contributed by atoms with E-state index in [1.165, 1.54) is 24.1 Å². The number of benzene rings is 4. The van der Waals surface area contributed by atoms with Crippen molar-refractivity contribution in [3.05, 3.63) is 89.7 Å². The van der Waals surface area contributed by atoms with Crippen LogP contribution < -0.4 is 4.74 Å². The molecule has 0 aliphatic carbocycles. The van der Waals surface area contributed by atoms with Gasteiger partial charge in [0.15, 0.2) is 11.6 Å². The monoisotopic (exact) mass is 488 g/mol. The zero-order valence-electron chi connectivity index (χ0n) is 18.9. The summed E-state index contributed by atoms with van der Waals surface area (Å²) in [6, 6.07) is 17.4. The van der Waals surface area contributed by atoms with Gasteiger partial charge in [0.2, 0.25) is 5.75 Å². The third-order valence-electron chi connectivity index (χ3n) is 5.80. The first-order valence-electron chi connectivity index (χ1n) is 11.2. The van der Waals surface area contributed by atoms with E-state index in [1.807, 2.05) is 24.3 Å². The zero-order chi connectivity index (χ0) is 25.2. The molecule has 0 aliphatic rings. The Morgan fingerprint density at radius 3 is 1.91 bits per heavy atom. The lowest BCUT2D eigenvalue weighted by molar-refractivity contribution is -0.276. The molecule has 4 aromatic carbocycles. The molecule has 4 aromatic rings. The minimum Gasteiger partial charge on any atom is -0.399 e. The molecule has 0 N–H and O–H groups in total. The topological polar surface area (TPSA) is 9.23 Å². The predicted octanol–water partition coefficient (Wildman–Crippen LogP) is 9.22. The van der Waals surface area contributed by atoms with Gasteiger partial charge in [-0.05, 0) is 70.1 Å². The number of hydrogen-bond donors (Lipinski definition) is 0. The number of halogens is 6. The molecule has 182 valence electrons. The van der Waals surface area contributed by atoms with Crippen LogP contribution in [0.25, 0.3) is 33.0 Å². The predicted molar refractivity (Wildman–Crippen MR) is 125 cm³/mol. The van der Waals surface area contributed by atoms with Crippen molar-refractivity contribution in [3.63, 3.8) is 0 Å². The molecule has 0 unspecified atom stereocenters. The fourth-order valence-corrected chi connectivity index (χ4v) is 4.07. The summed E-state index contributed by atoms with van der Waals surface area (Å²) in [7, 11) is 0. The van der Waals surface area contributed by atoms with Crippen molar-refractivity contribution in [2.45, 2.75) is 39.0 Å². The molecule has 0 spiro atoms. The largest absolute Gasteiger partial charge is 0.573 e. The van der Waals surface area contributed by atoms with E-state index in [4.69, 9.17) is 0 Å². The highest BCUT2D eigenvalue weighted by molar-refractivity contribution is 5.88. The first kappa shape index (κ1) is 24.6. The molecule has 0 atom stereocenters. The van der Waals surface area contributed by atoms with Crippen LogP contribution in [0.1, 0.15) is 31.7 Å². The van der Waals surface area contributed by atoms with Gasteiger partial charge >= 0.3 is 6.36 Å². The summed E-state index contributed by atoms with van der Waals surface area (Å²) in [5, 5.41) is 2.07. The van der Waals surface area contributed by atoms with E-state index < -0.39 is 29.6 Å². The lowest BCUT2D eigenvalue weighted by Gasteiger charge is -2.13. The Bertz CT molecular complexity index is 1340. The Hall–Kier alpha value is -3.48. The standard InChI is InChI=1S/C28H22F6O/c1-2-3-4-5-17-6-7-19-13-20(9-8-18(19)12-17)21-10-11-23(24(29)14-21)22-15-25(30)27(26(31)16-22)35-28(32,33)34/h6-16H,2-5H2,1H3. The van der Waals surface area contributed by atoms with Crippen LogP contribution in [0.3, 0.4) is 0 Å². The van der Waals surface area contributed by atoms with Crippen molar-refractivity contribution in [2.75, 3.05) is 0 Å². The Morgan fingerprint density at radius 1 is 0.657 bits per heavy atom. The molecule has 7 heteroatoms. The van der Waals surface area contributed by atoms with Crippen molar-refractivity contribution in [2.24, 2.45) is 0 Å². The average Bonchev–Trinajstić information content (AvgIpc) is 2.80. The minimum absolute atomic E-state index is 0.150. The maximum atomic E-state index is 14.9. The molecule has 0 radical (unpaired) electrons.